The second-order valence-electron chi connectivity index (χ2n) is 4.02. The van der Waals surface area contributed by atoms with E-state index in [0.717, 1.165) is 5.69 Å². The van der Waals surface area contributed by atoms with Crippen molar-refractivity contribution in [3.8, 4) is 0 Å². The average molecular weight is 255 g/mol. The fraction of sp³-hybridized carbons (Fsp3) is 0.417. The Morgan fingerprint density at radius 2 is 2.18 bits per heavy atom. The predicted octanol–water partition coefficient (Wildman–Crippen LogP) is 1.87. The van der Waals surface area contributed by atoms with E-state index in [2.05, 4.69) is 5.32 Å². The highest BCUT2D eigenvalue weighted by Crippen LogP contribution is 2.15. The molecule has 0 aliphatic carbocycles. The van der Waals surface area contributed by atoms with E-state index in [4.69, 9.17) is 5.11 Å². The lowest BCUT2D eigenvalue weighted by Gasteiger charge is -2.12. The van der Waals surface area contributed by atoms with Gasteiger partial charge in [0.15, 0.2) is 0 Å². The molecule has 0 bridgehead atoms. The van der Waals surface area contributed by atoms with E-state index in [0.29, 0.717) is 17.7 Å². The zero-order chi connectivity index (χ0) is 13.0. The summed E-state index contributed by atoms with van der Waals surface area (Å²) in [6, 6.07) is 5.09. The second kappa shape index (κ2) is 5.82. The summed E-state index contributed by atoms with van der Waals surface area (Å²) < 4.78 is 11.2. The number of carboxylic acid groups (broad SMARTS) is 1. The summed E-state index contributed by atoms with van der Waals surface area (Å²) in [6.07, 6.45) is 1.67. The molecule has 5 heteroatoms. The molecule has 0 heterocycles. The van der Waals surface area contributed by atoms with Gasteiger partial charge in [-0.1, -0.05) is 0 Å². The Balaban J connectivity index is 2.71. The molecule has 2 atom stereocenters. The first kappa shape index (κ1) is 13.7. The summed E-state index contributed by atoms with van der Waals surface area (Å²) in [5.74, 6) is -0.919. The van der Waals surface area contributed by atoms with Crippen LogP contribution in [0.25, 0.3) is 0 Å². The van der Waals surface area contributed by atoms with Crippen molar-refractivity contribution in [2.45, 2.75) is 19.1 Å². The second-order valence-corrected chi connectivity index (χ2v) is 5.83. The normalized spacial score (nSPS) is 14.1. The zero-order valence-corrected chi connectivity index (χ0v) is 11.0. The maximum atomic E-state index is 11.2. The smallest absolute Gasteiger partial charge is 0.335 e. The Hall–Kier alpha value is -1.36. The molecule has 0 saturated carbocycles. The number of anilines is 1. The van der Waals surface area contributed by atoms with E-state index in [-0.39, 0.29) is 5.25 Å². The quantitative estimate of drug-likeness (QED) is 0.843. The summed E-state index contributed by atoms with van der Waals surface area (Å²) >= 11 is 0. The van der Waals surface area contributed by atoms with E-state index in [1.54, 1.807) is 31.4 Å². The van der Waals surface area contributed by atoms with Crippen LogP contribution in [0, 0.1) is 6.92 Å². The highest BCUT2D eigenvalue weighted by molar-refractivity contribution is 7.84. The van der Waals surface area contributed by atoms with Crippen molar-refractivity contribution in [1.82, 2.24) is 0 Å². The van der Waals surface area contributed by atoms with E-state index in [1.165, 1.54) is 0 Å². The Morgan fingerprint density at radius 3 is 2.65 bits per heavy atom. The van der Waals surface area contributed by atoms with Gasteiger partial charge in [0.1, 0.15) is 0 Å². The third-order valence-corrected chi connectivity index (χ3v) is 3.92. The van der Waals surface area contributed by atoms with Crippen LogP contribution in [0.15, 0.2) is 18.2 Å². The minimum Gasteiger partial charge on any atom is -0.478 e. The van der Waals surface area contributed by atoms with Crippen LogP contribution in [0.2, 0.25) is 0 Å². The van der Waals surface area contributed by atoms with Crippen LogP contribution in [0.5, 0.6) is 0 Å². The summed E-state index contributed by atoms with van der Waals surface area (Å²) in [4.78, 5) is 10.8. The third-order valence-electron chi connectivity index (χ3n) is 2.62. The number of aromatic carboxylic acids is 1. The number of hydrogen-bond acceptors (Lipinski definition) is 3. The van der Waals surface area contributed by atoms with Crippen LogP contribution in [0.3, 0.4) is 0 Å². The molecular formula is C12H17NO3S. The average Bonchev–Trinajstić information content (AvgIpc) is 2.25. The maximum absolute atomic E-state index is 11.2. The summed E-state index contributed by atoms with van der Waals surface area (Å²) in [5, 5.41) is 12.1. The van der Waals surface area contributed by atoms with E-state index < -0.39 is 16.8 Å². The SMILES string of the molecule is Cc1cc(NCC(C)S(C)=O)ccc1C(=O)O. The summed E-state index contributed by atoms with van der Waals surface area (Å²) in [6.45, 7) is 4.27. The van der Waals surface area contributed by atoms with Crippen molar-refractivity contribution in [1.29, 1.82) is 0 Å². The molecular weight excluding hydrogens is 238 g/mol. The summed E-state index contributed by atoms with van der Waals surface area (Å²) in [5.41, 5.74) is 1.88. The molecule has 0 aromatic heterocycles. The van der Waals surface area contributed by atoms with Gasteiger partial charge >= 0.3 is 5.97 Å². The molecule has 0 spiro atoms. The molecule has 1 aromatic rings. The van der Waals surface area contributed by atoms with Crippen LogP contribution in [-0.2, 0) is 10.8 Å². The van der Waals surface area contributed by atoms with Crippen LogP contribution in [-0.4, -0.2) is 33.3 Å². The van der Waals surface area contributed by atoms with Gasteiger partial charge in [-0.15, -0.1) is 0 Å². The summed E-state index contributed by atoms with van der Waals surface area (Å²) in [7, 11) is -0.858. The molecule has 17 heavy (non-hydrogen) atoms. The number of rotatable bonds is 5. The molecule has 0 aliphatic heterocycles. The van der Waals surface area contributed by atoms with Gasteiger partial charge in [0.05, 0.1) is 5.56 Å². The zero-order valence-electron chi connectivity index (χ0n) is 10.2. The van der Waals surface area contributed by atoms with Crippen molar-refractivity contribution < 1.29 is 14.1 Å². The van der Waals surface area contributed by atoms with Crippen LogP contribution >= 0.6 is 0 Å². The van der Waals surface area contributed by atoms with E-state index in [1.807, 2.05) is 6.92 Å². The number of aryl methyl sites for hydroxylation is 1. The first-order valence-electron chi connectivity index (χ1n) is 5.32. The first-order chi connectivity index (χ1) is 7.91. The lowest BCUT2D eigenvalue weighted by molar-refractivity contribution is 0.0696. The molecule has 0 amide bonds. The van der Waals surface area contributed by atoms with Crippen LogP contribution in [0.4, 0.5) is 5.69 Å². The molecule has 0 fully saturated rings. The number of carbonyl (C=O) groups is 1. The molecule has 2 unspecified atom stereocenters. The molecule has 1 aromatic carbocycles. The Kier molecular flexibility index (Phi) is 4.69. The van der Waals surface area contributed by atoms with Gasteiger partial charge in [-0.2, -0.15) is 0 Å². The number of carboxylic acids is 1. The molecule has 4 nitrogen and oxygen atoms in total. The molecule has 0 aliphatic rings. The number of nitrogens with one attached hydrogen (secondary N) is 1. The van der Waals surface area contributed by atoms with Crippen molar-refractivity contribution in [2.24, 2.45) is 0 Å². The Morgan fingerprint density at radius 1 is 1.53 bits per heavy atom. The molecule has 1 rings (SSSR count). The Labute approximate surface area is 104 Å². The van der Waals surface area contributed by atoms with E-state index >= 15 is 0 Å². The lowest BCUT2D eigenvalue weighted by atomic mass is 10.1. The molecule has 0 saturated heterocycles. The van der Waals surface area contributed by atoms with Gasteiger partial charge in [-0.05, 0) is 37.6 Å². The predicted molar refractivity (Wildman–Crippen MR) is 70.2 cm³/mol. The van der Waals surface area contributed by atoms with Crippen molar-refractivity contribution >= 4 is 22.5 Å². The molecule has 94 valence electrons. The monoisotopic (exact) mass is 255 g/mol. The number of benzene rings is 1. The molecule has 2 N–H and O–H groups in total. The highest BCUT2D eigenvalue weighted by atomic mass is 32.2. The minimum absolute atomic E-state index is 0.0643. The van der Waals surface area contributed by atoms with Crippen molar-refractivity contribution in [3.05, 3.63) is 29.3 Å². The fourth-order valence-corrected chi connectivity index (χ4v) is 1.71. The third kappa shape index (κ3) is 3.85. The van der Waals surface area contributed by atoms with Gasteiger partial charge in [-0.3, -0.25) is 4.21 Å². The minimum atomic E-state index is -0.919. The number of hydrogen-bond donors (Lipinski definition) is 2. The van der Waals surface area contributed by atoms with Gasteiger partial charge < -0.3 is 10.4 Å². The van der Waals surface area contributed by atoms with Gasteiger partial charge in [0.2, 0.25) is 0 Å². The van der Waals surface area contributed by atoms with Gasteiger partial charge in [0, 0.05) is 34.5 Å². The largest absolute Gasteiger partial charge is 0.478 e. The lowest BCUT2D eigenvalue weighted by Crippen LogP contribution is -2.20. The standard InChI is InChI=1S/C12H17NO3S/c1-8-6-10(4-5-11(8)12(14)15)13-7-9(2)17(3)16/h4-6,9,13H,7H2,1-3H3,(H,14,15). The van der Waals surface area contributed by atoms with Crippen LogP contribution < -0.4 is 5.32 Å². The topological polar surface area (TPSA) is 66.4 Å². The molecule has 0 radical (unpaired) electrons. The van der Waals surface area contributed by atoms with Crippen LogP contribution in [0.1, 0.15) is 22.8 Å². The van der Waals surface area contributed by atoms with E-state index in [9.17, 15) is 9.00 Å². The van der Waals surface area contributed by atoms with Gasteiger partial charge in [0.25, 0.3) is 0 Å². The Bertz CT molecular complexity index is 445. The van der Waals surface area contributed by atoms with Crippen molar-refractivity contribution in [3.63, 3.8) is 0 Å². The fourth-order valence-electron chi connectivity index (χ4n) is 1.39. The first-order valence-corrected chi connectivity index (χ1v) is 6.94. The maximum Gasteiger partial charge on any atom is 0.335 e. The van der Waals surface area contributed by atoms with Gasteiger partial charge in [-0.25, -0.2) is 4.79 Å². The van der Waals surface area contributed by atoms with Crippen molar-refractivity contribution in [2.75, 3.05) is 18.1 Å². The highest BCUT2D eigenvalue weighted by Gasteiger charge is 2.08.